The van der Waals surface area contributed by atoms with E-state index in [1.165, 1.54) is 34.4 Å². The molecule has 2 aliphatic rings. The van der Waals surface area contributed by atoms with Crippen LogP contribution < -0.4 is 5.32 Å². The first-order valence-electron chi connectivity index (χ1n) is 7.83. The van der Waals surface area contributed by atoms with Crippen LogP contribution in [0.15, 0.2) is 54.6 Å². The first kappa shape index (κ1) is 12.7. The van der Waals surface area contributed by atoms with Crippen LogP contribution in [0.5, 0.6) is 0 Å². The lowest BCUT2D eigenvalue weighted by Crippen LogP contribution is -2.29. The fourth-order valence-corrected chi connectivity index (χ4v) is 4.06. The molecule has 4 rings (SSSR count). The van der Waals surface area contributed by atoms with Crippen molar-refractivity contribution in [3.8, 4) is 0 Å². The molecule has 1 nitrogen and oxygen atoms in total. The fourth-order valence-electron chi connectivity index (χ4n) is 4.06. The summed E-state index contributed by atoms with van der Waals surface area (Å²) < 4.78 is 0. The standard InChI is InChI=1S/C20H21N/c1-13-11-14(2)19-18(12-13)16-9-6-10-17(16)20(21-19)15-7-4-3-5-8-15/h3-9,11-12,16-17,20-21H,10H2,1-2H3/t16-,17-,20+/m1/s1. The highest BCUT2D eigenvalue weighted by Gasteiger charge is 2.38. The lowest BCUT2D eigenvalue weighted by Gasteiger charge is -2.38. The third kappa shape index (κ3) is 1.99. The second kappa shape index (κ2) is 4.77. The van der Waals surface area contributed by atoms with Crippen LogP contribution >= 0.6 is 0 Å². The van der Waals surface area contributed by atoms with Gasteiger partial charge in [0.15, 0.2) is 0 Å². The molecule has 2 aromatic carbocycles. The number of hydrogen-bond acceptors (Lipinski definition) is 1. The van der Waals surface area contributed by atoms with Gasteiger partial charge < -0.3 is 5.32 Å². The number of hydrogen-bond donors (Lipinski definition) is 1. The summed E-state index contributed by atoms with van der Waals surface area (Å²) in [6, 6.07) is 16.0. The molecule has 0 unspecified atom stereocenters. The van der Waals surface area contributed by atoms with E-state index >= 15 is 0 Å². The Morgan fingerprint density at radius 1 is 1.05 bits per heavy atom. The average Bonchev–Trinajstić information content (AvgIpc) is 2.97. The molecule has 1 heterocycles. The zero-order valence-corrected chi connectivity index (χ0v) is 12.6. The molecule has 0 spiro atoms. The Labute approximate surface area is 126 Å². The van der Waals surface area contributed by atoms with Crippen LogP contribution in [0.1, 0.15) is 40.6 Å². The number of nitrogens with one attached hydrogen (secondary N) is 1. The van der Waals surface area contributed by atoms with Gasteiger partial charge in [-0.05, 0) is 42.9 Å². The highest BCUT2D eigenvalue weighted by molar-refractivity contribution is 5.65. The smallest absolute Gasteiger partial charge is 0.0554 e. The molecule has 2 aromatic rings. The normalized spacial score (nSPS) is 26.1. The molecule has 0 saturated carbocycles. The van der Waals surface area contributed by atoms with Crippen molar-refractivity contribution in [3.05, 3.63) is 76.9 Å². The minimum Gasteiger partial charge on any atom is -0.377 e. The van der Waals surface area contributed by atoms with Crippen LogP contribution in [0.4, 0.5) is 5.69 Å². The summed E-state index contributed by atoms with van der Waals surface area (Å²) in [6.07, 6.45) is 5.95. The average molecular weight is 275 g/mol. The number of aryl methyl sites for hydroxylation is 2. The monoisotopic (exact) mass is 275 g/mol. The molecule has 0 fully saturated rings. The zero-order valence-electron chi connectivity index (χ0n) is 12.6. The van der Waals surface area contributed by atoms with Gasteiger partial charge in [-0.1, -0.05) is 60.2 Å². The summed E-state index contributed by atoms with van der Waals surface area (Å²) in [5.74, 6) is 1.20. The Hall–Kier alpha value is -2.02. The summed E-state index contributed by atoms with van der Waals surface area (Å²) >= 11 is 0. The predicted octanol–water partition coefficient (Wildman–Crippen LogP) is 5.13. The van der Waals surface area contributed by atoms with Crippen LogP contribution in [0.2, 0.25) is 0 Å². The molecular weight excluding hydrogens is 254 g/mol. The number of rotatable bonds is 1. The van der Waals surface area contributed by atoms with Gasteiger partial charge in [-0.15, -0.1) is 0 Å². The fraction of sp³-hybridized carbons (Fsp3) is 0.300. The van der Waals surface area contributed by atoms with Gasteiger partial charge in [0.1, 0.15) is 0 Å². The Bertz CT molecular complexity index is 699. The van der Waals surface area contributed by atoms with Crippen LogP contribution in [-0.2, 0) is 0 Å². The van der Waals surface area contributed by atoms with Crippen molar-refractivity contribution in [3.63, 3.8) is 0 Å². The van der Waals surface area contributed by atoms with Gasteiger partial charge in [0.2, 0.25) is 0 Å². The molecule has 0 amide bonds. The predicted molar refractivity (Wildman–Crippen MR) is 88.7 cm³/mol. The zero-order chi connectivity index (χ0) is 14.4. The van der Waals surface area contributed by atoms with E-state index in [2.05, 4.69) is 73.8 Å². The van der Waals surface area contributed by atoms with E-state index in [1.807, 2.05) is 0 Å². The first-order chi connectivity index (χ1) is 10.2. The molecule has 0 saturated heterocycles. The van der Waals surface area contributed by atoms with E-state index in [4.69, 9.17) is 0 Å². The van der Waals surface area contributed by atoms with Gasteiger partial charge in [-0.3, -0.25) is 0 Å². The van der Waals surface area contributed by atoms with Crippen LogP contribution in [0.3, 0.4) is 0 Å². The van der Waals surface area contributed by atoms with Crippen LogP contribution in [-0.4, -0.2) is 0 Å². The quantitative estimate of drug-likeness (QED) is 0.711. The summed E-state index contributed by atoms with van der Waals surface area (Å²) in [6.45, 7) is 4.42. The SMILES string of the molecule is Cc1cc(C)c2c(c1)[C@@H]1C=CC[C@H]1[C@H](c1ccccc1)N2. The van der Waals surface area contributed by atoms with E-state index in [0.29, 0.717) is 17.9 Å². The molecule has 1 aliphatic carbocycles. The Kier molecular flexibility index (Phi) is 2.88. The van der Waals surface area contributed by atoms with Gasteiger partial charge in [0, 0.05) is 11.6 Å². The molecule has 3 atom stereocenters. The van der Waals surface area contributed by atoms with Crippen molar-refractivity contribution < 1.29 is 0 Å². The molecule has 21 heavy (non-hydrogen) atoms. The molecule has 0 bridgehead atoms. The second-order valence-corrected chi connectivity index (χ2v) is 6.43. The molecule has 1 N–H and O–H groups in total. The van der Waals surface area contributed by atoms with E-state index in [0.717, 1.165) is 0 Å². The lowest BCUT2D eigenvalue weighted by atomic mass is 9.76. The topological polar surface area (TPSA) is 12.0 Å². The van der Waals surface area contributed by atoms with E-state index < -0.39 is 0 Å². The van der Waals surface area contributed by atoms with Crippen molar-refractivity contribution in [2.75, 3.05) is 5.32 Å². The van der Waals surface area contributed by atoms with Gasteiger partial charge in [-0.2, -0.15) is 0 Å². The van der Waals surface area contributed by atoms with Crippen molar-refractivity contribution in [1.29, 1.82) is 0 Å². The molecular formula is C20H21N. The van der Waals surface area contributed by atoms with Crippen molar-refractivity contribution in [1.82, 2.24) is 0 Å². The van der Waals surface area contributed by atoms with Gasteiger partial charge in [-0.25, -0.2) is 0 Å². The van der Waals surface area contributed by atoms with Gasteiger partial charge >= 0.3 is 0 Å². The third-order valence-corrected chi connectivity index (χ3v) is 4.97. The summed E-state index contributed by atoms with van der Waals surface area (Å²) in [7, 11) is 0. The Morgan fingerprint density at radius 3 is 2.67 bits per heavy atom. The highest BCUT2D eigenvalue weighted by atomic mass is 15.0. The number of allylic oxidation sites excluding steroid dienone is 2. The highest BCUT2D eigenvalue weighted by Crippen LogP contribution is 2.50. The van der Waals surface area contributed by atoms with Crippen molar-refractivity contribution >= 4 is 5.69 Å². The number of anilines is 1. The Morgan fingerprint density at radius 2 is 1.86 bits per heavy atom. The maximum Gasteiger partial charge on any atom is 0.0554 e. The molecule has 0 radical (unpaired) electrons. The molecule has 106 valence electrons. The number of benzene rings is 2. The third-order valence-electron chi connectivity index (χ3n) is 4.97. The summed E-state index contributed by atoms with van der Waals surface area (Å²) in [4.78, 5) is 0. The number of fused-ring (bicyclic) bond motifs is 3. The maximum absolute atomic E-state index is 3.84. The van der Waals surface area contributed by atoms with E-state index in [-0.39, 0.29) is 0 Å². The summed E-state index contributed by atoms with van der Waals surface area (Å²) in [5, 5.41) is 3.84. The maximum atomic E-state index is 3.84. The molecule has 1 aliphatic heterocycles. The van der Waals surface area contributed by atoms with E-state index in [1.54, 1.807) is 0 Å². The van der Waals surface area contributed by atoms with Crippen LogP contribution in [0, 0.1) is 19.8 Å². The largest absolute Gasteiger partial charge is 0.377 e. The van der Waals surface area contributed by atoms with E-state index in [9.17, 15) is 0 Å². The van der Waals surface area contributed by atoms with Crippen molar-refractivity contribution in [2.24, 2.45) is 5.92 Å². The minimum atomic E-state index is 0.417. The van der Waals surface area contributed by atoms with Gasteiger partial charge in [0.25, 0.3) is 0 Å². The summed E-state index contributed by atoms with van der Waals surface area (Å²) in [5.41, 5.74) is 6.97. The Balaban J connectivity index is 1.84. The molecule has 1 heteroatoms. The van der Waals surface area contributed by atoms with Crippen LogP contribution in [0.25, 0.3) is 0 Å². The lowest BCUT2D eigenvalue weighted by molar-refractivity contribution is 0.425. The molecule has 0 aromatic heterocycles. The van der Waals surface area contributed by atoms with Gasteiger partial charge in [0.05, 0.1) is 6.04 Å². The minimum absolute atomic E-state index is 0.417. The second-order valence-electron chi connectivity index (χ2n) is 6.43. The van der Waals surface area contributed by atoms with Crippen molar-refractivity contribution in [2.45, 2.75) is 32.2 Å². The first-order valence-corrected chi connectivity index (χ1v) is 7.83.